The molecule has 3 aliphatic heterocycles. The number of hydrogen-bond donors (Lipinski definition) is 0. The third-order valence-corrected chi connectivity index (χ3v) is 8.89. The molecule has 0 aliphatic carbocycles. The number of ether oxygens (including phenoxy) is 2. The van der Waals surface area contributed by atoms with Crippen molar-refractivity contribution < 1.29 is 23.0 Å². The molecule has 2 atom stereocenters. The van der Waals surface area contributed by atoms with Gasteiger partial charge in [-0.15, -0.1) is 11.8 Å². The highest BCUT2D eigenvalue weighted by Gasteiger charge is 2.46. The quantitative estimate of drug-likeness (QED) is 0.365. The Hall–Kier alpha value is -3.37. The van der Waals surface area contributed by atoms with Crippen LogP contribution in [0.3, 0.4) is 0 Å². The molecule has 0 saturated carbocycles. The summed E-state index contributed by atoms with van der Waals surface area (Å²) in [5.41, 5.74) is 1.54. The normalized spacial score (nSPS) is 19.8. The number of benzene rings is 2. The van der Waals surface area contributed by atoms with Gasteiger partial charge in [-0.2, -0.15) is 0 Å². The molecule has 1 fully saturated rings. The van der Waals surface area contributed by atoms with Crippen molar-refractivity contribution in [2.75, 3.05) is 31.4 Å². The van der Waals surface area contributed by atoms with Crippen molar-refractivity contribution in [3.8, 4) is 5.75 Å². The number of halogens is 2. The SMILES string of the molecule is CCCCCCOc1c2n(ccc1=O)N([C@@H]1c3ccccc3SCc3c1ccc(F)c3F)[C@@H]1COCCN1C2=O. The Kier molecular flexibility index (Phi) is 7.55. The molecule has 3 aromatic rings. The monoisotopic (exact) mass is 567 g/mol. The maximum atomic E-state index is 15.3. The molecule has 0 radical (unpaired) electrons. The van der Waals surface area contributed by atoms with E-state index >= 15 is 4.39 Å². The average Bonchev–Trinajstić information content (AvgIpc) is 3.13. The van der Waals surface area contributed by atoms with Crippen LogP contribution in [-0.4, -0.2) is 48.0 Å². The first-order valence-corrected chi connectivity index (χ1v) is 14.7. The molecule has 0 bridgehead atoms. The van der Waals surface area contributed by atoms with Gasteiger partial charge in [-0.3, -0.25) is 19.3 Å². The van der Waals surface area contributed by atoms with Gasteiger partial charge in [0.2, 0.25) is 5.43 Å². The molecule has 2 aromatic carbocycles. The lowest BCUT2D eigenvalue weighted by molar-refractivity contribution is -0.0198. The first kappa shape index (κ1) is 26.8. The molecule has 10 heteroatoms. The first-order valence-electron chi connectivity index (χ1n) is 13.8. The number of aromatic nitrogens is 1. The number of thioether (sulfide) groups is 1. The van der Waals surface area contributed by atoms with Crippen LogP contribution in [0.1, 0.15) is 65.8 Å². The summed E-state index contributed by atoms with van der Waals surface area (Å²) in [6, 6.07) is 11.3. The van der Waals surface area contributed by atoms with Gasteiger partial charge in [0, 0.05) is 35.0 Å². The first-order chi connectivity index (χ1) is 19.5. The third kappa shape index (κ3) is 4.56. The van der Waals surface area contributed by atoms with Crippen LogP contribution >= 0.6 is 11.8 Å². The summed E-state index contributed by atoms with van der Waals surface area (Å²) >= 11 is 1.45. The van der Waals surface area contributed by atoms with Crippen LogP contribution in [0.15, 0.2) is 58.4 Å². The van der Waals surface area contributed by atoms with Gasteiger partial charge in [0.15, 0.2) is 23.1 Å². The lowest BCUT2D eigenvalue weighted by Gasteiger charge is -2.51. The van der Waals surface area contributed by atoms with E-state index in [2.05, 4.69) is 6.92 Å². The van der Waals surface area contributed by atoms with Crippen LogP contribution in [0.5, 0.6) is 5.75 Å². The summed E-state index contributed by atoms with van der Waals surface area (Å²) in [5, 5.41) is 1.96. The molecule has 1 saturated heterocycles. The second kappa shape index (κ2) is 11.2. The van der Waals surface area contributed by atoms with Gasteiger partial charge >= 0.3 is 0 Å². The number of hydrogen-bond acceptors (Lipinski definition) is 6. The van der Waals surface area contributed by atoms with Crippen molar-refractivity contribution in [2.45, 2.75) is 55.5 Å². The van der Waals surface area contributed by atoms with Gasteiger partial charge in [0.1, 0.15) is 6.17 Å². The minimum absolute atomic E-state index is 0.0146. The van der Waals surface area contributed by atoms with E-state index in [0.717, 1.165) is 42.2 Å². The molecule has 6 rings (SSSR count). The van der Waals surface area contributed by atoms with Crippen molar-refractivity contribution in [2.24, 2.45) is 0 Å². The Balaban J connectivity index is 1.55. The second-order valence-corrected chi connectivity index (χ2v) is 11.2. The Morgan fingerprint density at radius 3 is 2.75 bits per heavy atom. The fraction of sp³-hybridized carbons (Fsp3) is 0.400. The van der Waals surface area contributed by atoms with Gasteiger partial charge in [-0.1, -0.05) is 50.5 Å². The number of morpholine rings is 1. The van der Waals surface area contributed by atoms with Gasteiger partial charge in [-0.05, 0) is 29.7 Å². The Labute approximate surface area is 235 Å². The van der Waals surface area contributed by atoms with E-state index in [1.165, 1.54) is 17.8 Å². The van der Waals surface area contributed by atoms with E-state index in [1.807, 2.05) is 29.3 Å². The van der Waals surface area contributed by atoms with Gasteiger partial charge in [0.05, 0.1) is 25.9 Å². The largest absolute Gasteiger partial charge is 0.487 e. The Morgan fingerprint density at radius 1 is 1.05 bits per heavy atom. The van der Waals surface area contributed by atoms with E-state index in [9.17, 15) is 14.0 Å². The molecule has 0 N–H and O–H groups in total. The Bertz CT molecular complexity index is 1500. The highest BCUT2D eigenvalue weighted by atomic mass is 32.2. The summed E-state index contributed by atoms with van der Waals surface area (Å²) in [6.45, 7) is 3.34. The summed E-state index contributed by atoms with van der Waals surface area (Å²) in [4.78, 5) is 29.6. The minimum Gasteiger partial charge on any atom is -0.487 e. The number of amides is 1. The van der Waals surface area contributed by atoms with Gasteiger partial charge in [-0.25, -0.2) is 8.78 Å². The van der Waals surface area contributed by atoms with E-state index in [4.69, 9.17) is 9.47 Å². The zero-order chi connectivity index (χ0) is 27.8. The summed E-state index contributed by atoms with van der Waals surface area (Å²) in [7, 11) is 0. The molecule has 7 nitrogen and oxygen atoms in total. The van der Waals surface area contributed by atoms with Crippen LogP contribution in [0.25, 0.3) is 0 Å². The predicted molar refractivity (Wildman–Crippen MR) is 148 cm³/mol. The molecule has 0 unspecified atom stereocenters. The topological polar surface area (TPSA) is 64.0 Å². The second-order valence-electron chi connectivity index (χ2n) is 10.2. The number of rotatable bonds is 7. The maximum Gasteiger partial charge on any atom is 0.278 e. The van der Waals surface area contributed by atoms with Crippen molar-refractivity contribution in [1.29, 1.82) is 0 Å². The molecular weight excluding hydrogens is 536 g/mol. The van der Waals surface area contributed by atoms with Crippen LogP contribution in [0, 0.1) is 11.6 Å². The molecule has 3 aliphatic rings. The minimum atomic E-state index is -0.900. The highest BCUT2D eigenvalue weighted by molar-refractivity contribution is 7.98. The van der Waals surface area contributed by atoms with Crippen molar-refractivity contribution in [3.05, 3.63) is 92.9 Å². The van der Waals surface area contributed by atoms with E-state index in [0.29, 0.717) is 25.3 Å². The molecular formula is C30H31F2N3O4S. The summed E-state index contributed by atoms with van der Waals surface area (Å²) in [5.74, 6) is -1.81. The summed E-state index contributed by atoms with van der Waals surface area (Å²) in [6.07, 6.45) is 4.90. The van der Waals surface area contributed by atoms with Crippen molar-refractivity contribution in [3.63, 3.8) is 0 Å². The van der Waals surface area contributed by atoms with Crippen LogP contribution in [0.2, 0.25) is 0 Å². The third-order valence-electron chi connectivity index (χ3n) is 7.78. The van der Waals surface area contributed by atoms with E-state index in [1.54, 1.807) is 21.8 Å². The smallest absolute Gasteiger partial charge is 0.278 e. The number of carbonyl (C=O) groups is 1. The molecule has 1 aromatic heterocycles. The van der Waals surface area contributed by atoms with Crippen LogP contribution in [0.4, 0.5) is 8.78 Å². The average molecular weight is 568 g/mol. The van der Waals surface area contributed by atoms with Crippen molar-refractivity contribution >= 4 is 17.7 Å². The zero-order valence-electron chi connectivity index (χ0n) is 22.3. The molecule has 0 spiro atoms. The number of pyridine rings is 1. The highest BCUT2D eigenvalue weighted by Crippen LogP contribution is 2.45. The molecule has 210 valence electrons. The lowest BCUT2D eigenvalue weighted by atomic mass is 9.93. The number of unbranched alkanes of at least 4 members (excludes halogenated alkanes) is 3. The van der Waals surface area contributed by atoms with Crippen molar-refractivity contribution in [1.82, 2.24) is 9.58 Å². The number of fused-ring (bicyclic) bond motifs is 4. The van der Waals surface area contributed by atoms with Crippen LogP contribution in [-0.2, 0) is 10.5 Å². The summed E-state index contributed by atoms with van der Waals surface area (Å²) < 4.78 is 43.3. The lowest BCUT2D eigenvalue weighted by Crippen LogP contribution is -2.66. The predicted octanol–water partition coefficient (Wildman–Crippen LogP) is 5.23. The fourth-order valence-corrected chi connectivity index (χ4v) is 6.93. The van der Waals surface area contributed by atoms with E-state index in [-0.39, 0.29) is 40.7 Å². The standard InChI is InChI=1S/C30H31F2N3O4S/c1-2-3-4-7-15-39-29-23(36)12-13-34-28(29)30(37)33-14-16-38-17-25(33)35(34)27-19-10-11-22(31)26(32)21(19)18-40-24-9-6-5-8-20(24)27/h5-6,8-13,25,27H,2-4,7,14-18H2,1H3/t25-,27+/m1/s1. The maximum absolute atomic E-state index is 15.3. The fourth-order valence-electron chi connectivity index (χ4n) is 5.81. The Morgan fingerprint density at radius 2 is 1.90 bits per heavy atom. The number of nitrogens with zero attached hydrogens (tertiary/aromatic N) is 3. The number of carbonyl (C=O) groups excluding carboxylic acids is 1. The zero-order valence-corrected chi connectivity index (χ0v) is 23.1. The van der Waals surface area contributed by atoms with Gasteiger partial charge < -0.3 is 14.4 Å². The molecule has 1 amide bonds. The van der Waals surface area contributed by atoms with Gasteiger partial charge in [0.25, 0.3) is 5.91 Å². The van der Waals surface area contributed by atoms with Crippen LogP contribution < -0.4 is 15.2 Å². The van der Waals surface area contributed by atoms with E-state index < -0.39 is 23.8 Å². The molecule has 4 heterocycles. The molecule has 40 heavy (non-hydrogen) atoms.